The van der Waals surface area contributed by atoms with Crippen LogP contribution in [-0.2, 0) is 12.6 Å². The van der Waals surface area contributed by atoms with Crippen molar-refractivity contribution in [3.8, 4) is 17.4 Å². The quantitative estimate of drug-likeness (QED) is 0.791. The van der Waals surface area contributed by atoms with Gasteiger partial charge >= 0.3 is 0 Å². The lowest BCUT2D eigenvalue weighted by molar-refractivity contribution is 0.0827. The van der Waals surface area contributed by atoms with Gasteiger partial charge in [0.1, 0.15) is 5.76 Å². The summed E-state index contributed by atoms with van der Waals surface area (Å²) in [6, 6.07) is 5.40. The van der Waals surface area contributed by atoms with Crippen molar-refractivity contribution in [2.45, 2.75) is 11.9 Å². The zero-order chi connectivity index (χ0) is 14.9. The molecule has 6 heteroatoms. The van der Waals surface area contributed by atoms with E-state index in [9.17, 15) is 10.1 Å². The van der Waals surface area contributed by atoms with Crippen LogP contribution in [-0.4, -0.2) is 29.9 Å². The van der Waals surface area contributed by atoms with Gasteiger partial charge in [0.05, 0.1) is 23.5 Å². The summed E-state index contributed by atoms with van der Waals surface area (Å²) in [5.41, 5.74) is 1.42. The number of hydrogen-bond donors (Lipinski definition) is 0. The summed E-state index contributed by atoms with van der Waals surface area (Å²) in [4.78, 5) is 17.9. The first-order valence-corrected chi connectivity index (χ1v) is 6.25. The predicted molar refractivity (Wildman–Crippen MR) is 75.0 cm³/mol. The first-order valence-electron chi connectivity index (χ1n) is 5.84. The SMILES string of the molecule is Cc1nc([S-])c(C#N)c(-c2ccco2)c1C(=O)N(C)C. The van der Waals surface area contributed by atoms with Crippen LogP contribution in [0.3, 0.4) is 0 Å². The Labute approximate surface area is 122 Å². The van der Waals surface area contributed by atoms with Crippen molar-refractivity contribution in [3.63, 3.8) is 0 Å². The Bertz CT molecular complexity index is 700. The average Bonchev–Trinajstić information content (AvgIpc) is 2.90. The van der Waals surface area contributed by atoms with E-state index in [0.717, 1.165) is 0 Å². The molecule has 0 atom stereocenters. The molecule has 0 aliphatic heterocycles. The molecule has 2 rings (SSSR count). The topological polar surface area (TPSA) is 70.1 Å². The molecular formula is C14H12N3O2S-. The Morgan fingerprint density at radius 2 is 2.20 bits per heavy atom. The molecule has 0 saturated carbocycles. The molecule has 0 aromatic carbocycles. The van der Waals surface area contributed by atoms with Crippen LogP contribution >= 0.6 is 0 Å². The summed E-state index contributed by atoms with van der Waals surface area (Å²) in [6.45, 7) is 1.69. The number of carbonyl (C=O) groups is 1. The van der Waals surface area contributed by atoms with E-state index in [-0.39, 0.29) is 16.5 Å². The number of carbonyl (C=O) groups excluding carboxylic acids is 1. The van der Waals surface area contributed by atoms with Gasteiger partial charge in [0.2, 0.25) is 0 Å². The molecular weight excluding hydrogens is 274 g/mol. The second-order valence-corrected chi connectivity index (χ2v) is 4.80. The van der Waals surface area contributed by atoms with Gasteiger partial charge in [-0.2, -0.15) is 5.26 Å². The number of rotatable bonds is 2. The number of nitriles is 1. The van der Waals surface area contributed by atoms with E-state index in [1.54, 1.807) is 33.2 Å². The highest BCUT2D eigenvalue weighted by atomic mass is 32.1. The minimum absolute atomic E-state index is 0.173. The maximum atomic E-state index is 12.4. The molecule has 0 fully saturated rings. The third-order valence-corrected chi connectivity index (χ3v) is 3.14. The van der Waals surface area contributed by atoms with E-state index in [4.69, 9.17) is 17.0 Å². The van der Waals surface area contributed by atoms with Crippen LogP contribution in [0.15, 0.2) is 27.8 Å². The molecule has 0 aliphatic carbocycles. The summed E-state index contributed by atoms with van der Waals surface area (Å²) in [5, 5.41) is 9.48. The average molecular weight is 286 g/mol. The molecule has 0 unspecified atom stereocenters. The molecule has 0 saturated heterocycles. The van der Waals surface area contributed by atoms with Crippen molar-refractivity contribution in [3.05, 3.63) is 35.2 Å². The van der Waals surface area contributed by atoms with E-state index in [0.29, 0.717) is 22.6 Å². The summed E-state index contributed by atoms with van der Waals surface area (Å²) in [7, 11) is 3.28. The molecule has 20 heavy (non-hydrogen) atoms. The van der Waals surface area contributed by atoms with E-state index < -0.39 is 0 Å². The second kappa shape index (κ2) is 5.31. The summed E-state index contributed by atoms with van der Waals surface area (Å²) < 4.78 is 5.35. The standard InChI is InChI=1S/C14H13N3O2S/c1-8-11(14(18)17(2)3)12(10-5-4-6-19-10)9(7-15)13(20)16-8/h4-6H,1-3H3,(H,16,20)/p-1. The zero-order valence-corrected chi connectivity index (χ0v) is 12.1. The van der Waals surface area contributed by atoms with Gasteiger partial charge in [-0.05, 0) is 19.1 Å². The van der Waals surface area contributed by atoms with Crippen LogP contribution in [0.4, 0.5) is 0 Å². The minimum atomic E-state index is -0.243. The Hall–Kier alpha value is -2.39. The fraction of sp³-hybridized carbons (Fsp3) is 0.214. The van der Waals surface area contributed by atoms with Crippen molar-refractivity contribution >= 4 is 18.5 Å². The third kappa shape index (κ3) is 2.24. The Morgan fingerprint density at radius 3 is 2.70 bits per heavy atom. The molecule has 0 bridgehead atoms. The summed E-state index contributed by atoms with van der Waals surface area (Å²) >= 11 is 5.11. The zero-order valence-electron chi connectivity index (χ0n) is 11.3. The first kappa shape index (κ1) is 14.0. The van der Waals surface area contributed by atoms with E-state index in [1.807, 2.05) is 6.07 Å². The molecule has 102 valence electrons. The van der Waals surface area contributed by atoms with Crippen LogP contribution in [0.25, 0.3) is 11.3 Å². The number of furan rings is 1. The molecule has 2 aromatic rings. The molecule has 0 spiro atoms. The van der Waals surface area contributed by atoms with Crippen molar-refractivity contribution in [2.75, 3.05) is 14.1 Å². The number of aromatic nitrogens is 1. The van der Waals surface area contributed by atoms with E-state index >= 15 is 0 Å². The van der Waals surface area contributed by atoms with Gasteiger partial charge in [0.25, 0.3) is 5.91 Å². The number of nitrogens with zero attached hydrogens (tertiary/aromatic N) is 3. The number of pyridine rings is 1. The number of amides is 1. The highest BCUT2D eigenvalue weighted by molar-refractivity contribution is 7.58. The van der Waals surface area contributed by atoms with E-state index in [2.05, 4.69) is 4.98 Å². The minimum Gasteiger partial charge on any atom is -0.759 e. The molecule has 0 aliphatic rings. The Kier molecular flexibility index (Phi) is 3.72. The van der Waals surface area contributed by atoms with Gasteiger partial charge in [-0.25, -0.2) is 0 Å². The maximum absolute atomic E-state index is 12.4. The Balaban J connectivity index is 2.86. The maximum Gasteiger partial charge on any atom is 0.255 e. The first-order chi connectivity index (χ1) is 9.47. The lowest BCUT2D eigenvalue weighted by atomic mass is 9.98. The largest absolute Gasteiger partial charge is 0.759 e. The molecule has 0 N–H and O–H groups in total. The van der Waals surface area contributed by atoms with Crippen LogP contribution in [0, 0.1) is 18.3 Å². The fourth-order valence-corrected chi connectivity index (χ4v) is 2.22. The lowest BCUT2D eigenvalue weighted by Crippen LogP contribution is -2.24. The lowest BCUT2D eigenvalue weighted by Gasteiger charge is -2.20. The molecule has 2 heterocycles. The van der Waals surface area contributed by atoms with Crippen LogP contribution in [0.2, 0.25) is 0 Å². The normalized spacial score (nSPS) is 10.1. The molecule has 0 radical (unpaired) electrons. The molecule has 2 aromatic heterocycles. The third-order valence-electron chi connectivity index (χ3n) is 2.84. The fourth-order valence-electron chi connectivity index (χ4n) is 1.93. The van der Waals surface area contributed by atoms with Gasteiger partial charge in [0.15, 0.2) is 0 Å². The smallest absolute Gasteiger partial charge is 0.255 e. The summed E-state index contributed by atoms with van der Waals surface area (Å²) in [5.74, 6) is 0.191. The number of hydrogen-bond acceptors (Lipinski definition) is 5. The van der Waals surface area contributed by atoms with Crippen LogP contribution in [0.5, 0.6) is 0 Å². The predicted octanol–water partition coefficient (Wildman–Crippen LogP) is 2.13. The monoisotopic (exact) mass is 286 g/mol. The van der Waals surface area contributed by atoms with Gasteiger partial charge in [-0.1, -0.05) is 5.03 Å². The van der Waals surface area contributed by atoms with Gasteiger partial charge in [-0.15, -0.1) is 0 Å². The van der Waals surface area contributed by atoms with Crippen LogP contribution in [0.1, 0.15) is 21.6 Å². The van der Waals surface area contributed by atoms with Crippen LogP contribution < -0.4 is 0 Å². The van der Waals surface area contributed by atoms with Crippen molar-refractivity contribution in [2.24, 2.45) is 0 Å². The second-order valence-electron chi connectivity index (χ2n) is 4.42. The summed E-state index contributed by atoms with van der Waals surface area (Å²) in [6.07, 6.45) is 1.49. The van der Waals surface area contributed by atoms with E-state index in [1.165, 1.54) is 11.2 Å². The highest BCUT2D eigenvalue weighted by Crippen LogP contribution is 2.31. The molecule has 1 amide bonds. The van der Waals surface area contributed by atoms with Gasteiger partial charge in [-0.3, -0.25) is 9.78 Å². The Morgan fingerprint density at radius 1 is 1.50 bits per heavy atom. The highest BCUT2D eigenvalue weighted by Gasteiger charge is 2.23. The van der Waals surface area contributed by atoms with Crippen molar-refractivity contribution in [1.29, 1.82) is 5.26 Å². The number of aryl methyl sites for hydroxylation is 1. The van der Waals surface area contributed by atoms with Gasteiger partial charge < -0.3 is 21.9 Å². The van der Waals surface area contributed by atoms with Gasteiger partial charge in [0, 0.05) is 25.4 Å². The van der Waals surface area contributed by atoms with Crippen molar-refractivity contribution in [1.82, 2.24) is 9.88 Å². The molecule has 5 nitrogen and oxygen atoms in total. The van der Waals surface area contributed by atoms with Crippen molar-refractivity contribution < 1.29 is 9.21 Å².